The summed E-state index contributed by atoms with van der Waals surface area (Å²) >= 11 is 0. The molecule has 2 N–H and O–H groups in total. The van der Waals surface area contributed by atoms with Crippen LogP contribution in [0.2, 0.25) is 0 Å². The summed E-state index contributed by atoms with van der Waals surface area (Å²) in [6, 6.07) is 12.6. The molecule has 0 unspecified atom stereocenters. The second-order valence-electron chi connectivity index (χ2n) is 7.97. The number of halogens is 3. The summed E-state index contributed by atoms with van der Waals surface area (Å²) < 4.78 is 40.5. The van der Waals surface area contributed by atoms with Crippen LogP contribution in [0.3, 0.4) is 0 Å². The highest BCUT2D eigenvalue weighted by molar-refractivity contribution is 5.79. The number of hydrogen-bond donors (Lipinski definition) is 1. The molecular formula is C22H22F3N3O. The fourth-order valence-corrected chi connectivity index (χ4v) is 3.05. The molecule has 0 fully saturated rings. The van der Waals surface area contributed by atoms with Crippen molar-refractivity contribution in [3.8, 4) is 16.9 Å². The van der Waals surface area contributed by atoms with Crippen LogP contribution in [-0.2, 0) is 22.8 Å². The lowest BCUT2D eigenvalue weighted by Gasteiger charge is -2.19. The number of nitrogens with two attached hydrogens (primary N) is 1. The molecule has 2 aromatic carbocycles. The van der Waals surface area contributed by atoms with Crippen molar-refractivity contribution in [2.75, 3.05) is 0 Å². The van der Waals surface area contributed by atoms with Crippen LogP contribution in [0.15, 0.2) is 54.7 Å². The third-order valence-electron chi connectivity index (χ3n) is 4.62. The zero-order valence-corrected chi connectivity index (χ0v) is 16.4. The van der Waals surface area contributed by atoms with E-state index in [9.17, 15) is 18.0 Å². The maximum absolute atomic E-state index is 13.0. The maximum atomic E-state index is 13.0. The molecule has 1 amide bonds. The molecule has 0 radical (unpaired) electrons. The Morgan fingerprint density at radius 2 is 1.69 bits per heavy atom. The second kappa shape index (κ2) is 7.39. The Morgan fingerprint density at radius 1 is 1.03 bits per heavy atom. The average Bonchev–Trinajstić information content (AvgIpc) is 3.03. The van der Waals surface area contributed by atoms with Gasteiger partial charge in [-0.3, -0.25) is 4.79 Å². The van der Waals surface area contributed by atoms with Gasteiger partial charge in [-0.05, 0) is 29.2 Å². The van der Waals surface area contributed by atoms with E-state index in [0.29, 0.717) is 11.3 Å². The normalized spacial score (nSPS) is 12.2. The molecule has 0 atom stereocenters. The minimum Gasteiger partial charge on any atom is -0.369 e. The lowest BCUT2D eigenvalue weighted by atomic mass is 9.86. The predicted octanol–water partition coefficient (Wildman–Crippen LogP) is 4.88. The largest absolute Gasteiger partial charge is 0.416 e. The summed E-state index contributed by atoms with van der Waals surface area (Å²) in [5, 5.41) is 4.46. The van der Waals surface area contributed by atoms with Gasteiger partial charge in [0.1, 0.15) is 0 Å². The van der Waals surface area contributed by atoms with Crippen molar-refractivity contribution in [2.24, 2.45) is 5.73 Å². The highest BCUT2D eigenvalue weighted by Crippen LogP contribution is 2.32. The fraction of sp³-hybridized carbons (Fsp3) is 0.273. The maximum Gasteiger partial charge on any atom is 0.416 e. The van der Waals surface area contributed by atoms with Crippen LogP contribution in [0.25, 0.3) is 16.9 Å². The first-order chi connectivity index (χ1) is 13.4. The Kier molecular flexibility index (Phi) is 5.26. The summed E-state index contributed by atoms with van der Waals surface area (Å²) in [5.74, 6) is -0.541. The molecule has 0 aliphatic heterocycles. The number of amides is 1. The van der Waals surface area contributed by atoms with Gasteiger partial charge in [0, 0.05) is 17.3 Å². The van der Waals surface area contributed by atoms with Crippen molar-refractivity contribution in [3.05, 3.63) is 71.4 Å². The summed E-state index contributed by atoms with van der Waals surface area (Å²) in [6.07, 6.45) is -2.96. The van der Waals surface area contributed by atoms with Gasteiger partial charge in [-0.25, -0.2) is 4.68 Å². The number of carbonyl (C=O) groups is 1. The Morgan fingerprint density at radius 3 is 2.24 bits per heavy atom. The van der Waals surface area contributed by atoms with Crippen LogP contribution >= 0.6 is 0 Å². The second-order valence-corrected chi connectivity index (χ2v) is 7.97. The summed E-state index contributed by atoms with van der Waals surface area (Å²) in [5.41, 5.74) is 7.79. The van der Waals surface area contributed by atoms with Crippen molar-refractivity contribution >= 4 is 5.91 Å². The SMILES string of the molecule is CC(C)(C)c1ccc(-c2nn(-c3cccc(C(F)(F)F)c3)cc2CC(N)=O)cc1. The van der Waals surface area contributed by atoms with E-state index in [2.05, 4.69) is 25.9 Å². The number of alkyl halides is 3. The van der Waals surface area contributed by atoms with Gasteiger partial charge in [0.15, 0.2) is 0 Å². The number of carbonyl (C=O) groups excluding carboxylic acids is 1. The van der Waals surface area contributed by atoms with Crippen molar-refractivity contribution in [2.45, 2.75) is 38.8 Å². The molecule has 1 aromatic heterocycles. The van der Waals surface area contributed by atoms with E-state index in [-0.39, 0.29) is 17.5 Å². The lowest BCUT2D eigenvalue weighted by Crippen LogP contribution is -2.13. The first kappa shape index (κ1) is 20.6. The molecule has 0 aliphatic carbocycles. The van der Waals surface area contributed by atoms with Crippen LogP contribution in [0.5, 0.6) is 0 Å². The van der Waals surface area contributed by atoms with E-state index >= 15 is 0 Å². The fourth-order valence-electron chi connectivity index (χ4n) is 3.05. The van der Waals surface area contributed by atoms with Crippen LogP contribution in [0.4, 0.5) is 13.2 Å². The highest BCUT2D eigenvalue weighted by atomic mass is 19.4. The average molecular weight is 401 g/mol. The molecule has 29 heavy (non-hydrogen) atoms. The van der Waals surface area contributed by atoms with E-state index in [1.54, 1.807) is 6.20 Å². The predicted molar refractivity (Wildman–Crippen MR) is 106 cm³/mol. The molecule has 152 valence electrons. The van der Waals surface area contributed by atoms with Crippen molar-refractivity contribution in [1.29, 1.82) is 0 Å². The lowest BCUT2D eigenvalue weighted by molar-refractivity contribution is -0.137. The van der Waals surface area contributed by atoms with Crippen molar-refractivity contribution < 1.29 is 18.0 Å². The van der Waals surface area contributed by atoms with Crippen LogP contribution < -0.4 is 5.73 Å². The highest BCUT2D eigenvalue weighted by Gasteiger charge is 2.30. The molecule has 0 spiro atoms. The van der Waals surface area contributed by atoms with Crippen molar-refractivity contribution in [1.82, 2.24) is 9.78 Å². The van der Waals surface area contributed by atoms with Gasteiger partial charge in [-0.1, -0.05) is 51.1 Å². The smallest absolute Gasteiger partial charge is 0.369 e. The Balaban J connectivity index is 2.07. The molecule has 0 aliphatic rings. The summed E-state index contributed by atoms with van der Waals surface area (Å²) in [6.45, 7) is 6.30. The van der Waals surface area contributed by atoms with Crippen LogP contribution in [0.1, 0.15) is 37.5 Å². The van der Waals surface area contributed by atoms with Gasteiger partial charge in [-0.2, -0.15) is 18.3 Å². The van der Waals surface area contributed by atoms with Gasteiger partial charge in [0.2, 0.25) is 5.91 Å². The van der Waals surface area contributed by atoms with E-state index < -0.39 is 17.6 Å². The van der Waals surface area contributed by atoms with Gasteiger partial charge in [-0.15, -0.1) is 0 Å². The molecule has 4 nitrogen and oxygen atoms in total. The van der Waals surface area contributed by atoms with Crippen LogP contribution in [-0.4, -0.2) is 15.7 Å². The van der Waals surface area contributed by atoms with E-state index in [1.165, 1.54) is 16.8 Å². The number of hydrogen-bond acceptors (Lipinski definition) is 2. The molecule has 3 aromatic rings. The minimum atomic E-state index is -4.45. The van der Waals surface area contributed by atoms with E-state index in [1.807, 2.05) is 24.3 Å². The number of nitrogens with zero attached hydrogens (tertiary/aromatic N) is 2. The summed E-state index contributed by atoms with van der Waals surface area (Å²) in [4.78, 5) is 11.5. The first-order valence-corrected chi connectivity index (χ1v) is 9.10. The molecule has 1 heterocycles. The quantitative estimate of drug-likeness (QED) is 0.677. The number of aromatic nitrogens is 2. The Hall–Kier alpha value is -3.09. The molecule has 7 heteroatoms. The number of primary amides is 1. The monoisotopic (exact) mass is 401 g/mol. The molecule has 0 bridgehead atoms. The van der Waals surface area contributed by atoms with Gasteiger partial charge in [0.25, 0.3) is 0 Å². The number of benzene rings is 2. The summed E-state index contributed by atoms with van der Waals surface area (Å²) in [7, 11) is 0. The van der Waals surface area contributed by atoms with Gasteiger partial charge in [0.05, 0.1) is 23.4 Å². The van der Waals surface area contributed by atoms with Gasteiger partial charge >= 0.3 is 6.18 Å². The molecule has 0 saturated carbocycles. The third-order valence-corrected chi connectivity index (χ3v) is 4.62. The van der Waals surface area contributed by atoms with E-state index in [0.717, 1.165) is 23.3 Å². The molecule has 0 saturated heterocycles. The van der Waals surface area contributed by atoms with Crippen LogP contribution in [0, 0.1) is 0 Å². The topological polar surface area (TPSA) is 60.9 Å². The van der Waals surface area contributed by atoms with E-state index in [4.69, 9.17) is 5.73 Å². The first-order valence-electron chi connectivity index (χ1n) is 9.10. The Bertz CT molecular complexity index is 1030. The zero-order chi connectivity index (χ0) is 21.4. The standard InChI is InChI=1S/C22H22F3N3O/c1-21(2,3)16-9-7-14(8-10-16)20-15(11-19(26)29)13-28(27-20)18-6-4-5-17(12-18)22(23,24)25/h4-10,12-13H,11H2,1-3H3,(H2,26,29). The van der Waals surface area contributed by atoms with Gasteiger partial charge < -0.3 is 5.73 Å². The third kappa shape index (κ3) is 4.67. The minimum absolute atomic E-state index is 0.0218. The molecular weight excluding hydrogens is 379 g/mol. The van der Waals surface area contributed by atoms with Crippen molar-refractivity contribution in [3.63, 3.8) is 0 Å². The zero-order valence-electron chi connectivity index (χ0n) is 16.4. The number of rotatable bonds is 4. The molecule has 3 rings (SSSR count). The Labute approximate surface area is 167 Å².